The number of piperidine rings is 1. The molecule has 32 heavy (non-hydrogen) atoms. The third-order valence-electron chi connectivity index (χ3n) is 6.39. The van der Waals surface area contributed by atoms with Gasteiger partial charge in [-0.15, -0.1) is 0 Å². The number of hydrogen-bond acceptors (Lipinski definition) is 7. The van der Waals surface area contributed by atoms with Gasteiger partial charge in [0.1, 0.15) is 6.04 Å². The molecule has 2 aromatic rings. The molecule has 3 N–H and O–H groups in total. The number of likely N-dealkylation sites (tertiary alicyclic amines) is 1. The van der Waals surface area contributed by atoms with Crippen LogP contribution in [0, 0.1) is 5.92 Å². The van der Waals surface area contributed by atoms with E-state index in [1.807, 2.05) is 35.2 Å². The smallest absolute Gasteiger partial charge is 0.241 e. The number of nitrogens with zero attached hydrogens (tertiary/aromatic N) is 2. The Hall–Kier alpha value is -3.17. The predicted octanol–water partition coefficient (Wildman–Crippen LogP) is 1.27. The van der Waals surface area contributed by atoms with Crippen LogP contribution in [0.5, 0.6) is 11.5 Å². The standard InChI is InChI=1S/C23H27N5O4/c29-22(25-13-15-1-2-20-21(11-15)32-14-31-20)17-5-9-28(10-6-17)23(30)19-12-18(26-27-19)16-3-7-24-8-4-16/h1-4,7-8,11,17-19,26-27H,5-6,9-10,12-14H2,(H,25,29). The van der Waals surface area contributed by atoms with Gasteiger partial charge in [0.25, 0.3) is 0 Å². The molecule has 0 aliphatic carbocycles. The minimum atomic E-state index is -0.260. The van der Waals surface area contributed by atoms with E-state index in [9.17, 15) is 9.59 Å². The zero-order valence-corrected chi connectivity index (χ0v) is 17.8. The maximum atomic E-state index is 12.9. The number of hydrazine groups is 1. The number of carbonyl (C=O) groups excluding carboxylic acids is 2. The first kappa shape index (κ1) is 20.7. The van der Waals surface area contributed by atoms with Crippen LogP contribution >= 0.6 is 0 Å². The van der Waals surface area contributed by atoms with Crippen LogP contribution in [-0.2, 0) is 16.1 Å². The Morgan fingerprint density at radius 3 is 2.66 bits per heavy atom. The van der Waals surface area contributed by atoms with E-state index in [1.165, 1.54) is 0 Å². The van der Waals surface area contributed by atoms with Crippen LogP contribution < -0.4 is 25.6 Å². The normalized spacial score (nSPS) is 22.7. The molecule has 3 aliphatic rings. The average Bonchev–Trinajstić information content (AvgIpc) is 3.52. The molecule has 168 valence electrons. The van der Waals surface area contributed by atoms with Crippen molar-refractivity contribution in [2.45, 2.75) is 37.9 Å². The lowest BCUT2D eigenvalue weighted by Gasteiger charge is -2.32. The Labute approximate surface area is 186 Å². The van der Waals surface area contributed by atoms with E-state index in [0.717, 1.165) is 16.9 Å². The van der Waals surface area contributed by atoms with Crippen molar-refractivity contribution >= 4 is 11.8 Å². The van der Waals surface area contributed by atoms with Gasteiger partial charge >= 0.3 is 0 Å². The summed E-state index contributed by atoms with van der Waals surface area (Å²) >= 11 is 0. The van der Waals surface area contributed by atoms with Gasteiger partial charge in [-0.25, -0.2) is 10.9 Å². The molecule has 9 nitrogen and oxygen atoms in total. The van der Waals surface area contributed by atoms with E-state index in [0.29, 0.717) is 44.6 Å². The fourth-order valence-corrected chi connectivity index (χ4v) is 4.50. The highest BCUT2D eigenvalue weighted by atomic mass is 16.7. The monoisotopic (exact) mass is 437 g/mol. The number of hydrogen-bond donors (Lipinski definition) is 3. The molecule has 2 atom stereocenters. The van der Waals surface area contributed by atoms with Crippen molar-refractivity contribution in [1.82, 2.24) is 26.1 Å². The highest BCUT2D eigenvalue weighted by Gasteiger charge is 2.35. The molecule has 5 rings (SSSR count). The lowest BCUT2D eigenvalue weighted by molar-refractivity contribution is -0.137. The second kappa shape index (κ2) is 9.13. The van der Waals surface area contributed by atoms with Gasteiger partial charge in [0.15, 0.2) is 11.5 Å². The maximum absolute atomic E-state index is 12.9. The summed E-state index contributed by atoms with van der Waals surface area (Å²) in [6.07, 6.45) is 5.56. The third kappa shape index (κ3) is 4.39. The van der Waals surface area contributed by atoms with E-state index in [2.05, 4.69) is 21.2 Å². The maximum Gasteiger partial charge on any atom is 0.241 e. The summed E-state index contributed by atoms with van der Waals surface area (Å²) in [5.41, 5.74) is 8.43. The van der Waals surface area contributed by atoms with Crippen LogP contribution in [0.2, 0.25) is 0 Å². The molecule has 1 aromatic heterocycles. The van der Waals surface area contributed by atoms with Gasteiger partial charge in [0.2, 0.25) is 18.6 Å². The minimum Gasteiger partial charge on any atom is -0.454 e. The number of ether oxygens (including phenoxy) is 2. The van der Waals surface area contributed by atoms with E-state index in [1.54, 1.807) is 12.4 Å². The molecular weight excluding hydrogens is 410 g/mol. The number of fused-ring (bicyclic) bond motifs is 1. The van der Waals surface area contributed by atoms with Gasteiger partial charge < -0.3 is 19.7 Å². The van der Waals surface area contributed by atoms with Crippen LogP contribution in [0.15, 0.2) is 42.7 Å². The fraction of sp³-hybridized carbons (Fsp3) is 0.435. The van der Waals surface area contributed by atoms with Gasteiger partial charge in [-0.05, 0) is 54.7 Å². The second-order valence-corrected chi connectivity index (χ2v) is 8.42. The predicted molar refractivity (Wildman–Crippen MR) is 115 cm³/mol. The molecule has 0 saturated carbocycles. The molecule has 1 aromatic carbocycles. The van der Waals surface area contributed by atoms with Crippen LogP contribution in [0.3, 0.4) is 0 Å². The van der Waals surface area contributed by atoms with Gasteiger partial charge in [-0.3, -0.25) is 14.6 Å². The van der Waals surface area contributed by atoms with Gasteiger partial charge in [0, 0.05) is 44.0 Å². The van der Waals surface area contributed by atoms with Gasteiger partial charge in [-0.2, -0.15) is 0 Å². The quantitative estimate of drug-likeness (QED) is 0.647. The Balaban J connectivity index is 1.08. The molecule has 2 unspecified atom stereocenters. The number of benzene rings is 1. The van der Waals surface area contributed by atoms with E-state index < -0.39 is 0 Å². The molecule has 2 saturated heterocycles. The number of amides is 2. The van der Waals surface area contributed by atoms with Crippen molar-refractivity contribution in [2.75, 3.05) is 19.9 Å². The van der Waals surface area contributed by atoms with Crippen LogP contribution in [-0.4, -0.2) is 47.6 Å². The Kier molecular flexibility index (Phi) is 5.91. The first-order valence-electron chi connectivity index (χ1n) is 11.0. The largest absolute Gasteiger partial charge is 0.454 e. The molecule has 0 spiro atoms. The summed E-state index contributed by atoms with van der Waals surface area (Å²) in [5, 5.41) is 3.02. The number of aromatic nitrogens is 1. The number of nitrogens with one attached hydrogen (secondary N) is 3. The zero-order chi connectivity index (χ0) is 21.9. The van der Waals surface area contributed by atoms with Crippen LogP contribution in [0.25, 0.3) is 0 Å². The van der Waals surface area contributed by atoms with E-state index >= 15 is 0 Å². The Bertz CT molecular complexity index is 978. The second-order valence-electron chi connectivity index (χ2n) is 8.42. The van der Waals surface area contributed by atoms with Crippen molar-refractivity contribution < 1.29 is 19.1 Å². The van der Waals surface area contributed by atoms with Crippen molar-refractivity contribution in [3.63, 3.8) is 0 Å². The highest BCUT2D eigenvalue weighted by Crippen LogP contribution is 2.32. The molecule has 0 bridgehead atoms. The first-order valence-corrected chi connectivity index (χ1v) is 11.0. The molecule has 2 amide bonds. The lowest BCUT2D eigenvalue weighted by atomic mass is 9.94. The molecule has 3 aliphatic heterocycles. The fourth-order valence-electron chi connectivity index (χ4n) is 4.50. The number of carbonyl (C=O) groups is 2. The van der Waals surface area contributed by atoms with E-state index in [4.69, 9.17) is 9.47 Å². The van der Waals surface area contributed by atoms with Crippen molar-refractivity contribution in [3.8, 4) is 11.5 Å². The summed E-state index contributed by atoms with van der Waals surface area (Å²) in [5.74, 6) is 1.50. The van der Waals surface area contributed by atoms with E-state index in [-0.39, 0.29) is 36.6 Å². The van der Waals surface area contributed by atoms with Crippen LogP contribution in [0.4, 0.5) is 0 Å². The average molecular weight is 438 g/mol. The molecular formula is C23H27N5O4. The first-order chi connectivity index (χ1) is 15.7. The van der Waals surface area contributed by atoms with Crippen molar-refractivity contribution in [3.05, 3.63) is 53.9 Å². The van der Waals surface area contributed by atoms with Crippen LogP contribution in [0.1, 0.15) is 36.4 Å². The topological polar surface area (TPSA) is 105 Å². The van der Waals surface area contributed by atoms with Gasteiger partial charge in [-0.1, -0.05) is 6.07 Å². The summed E-state index contributed by atoms with van der Waals surface area (Å²) in [4.78, 5) is 31.5. The molecule has 0 radical (unpaired) electrons. The molecule has 2 fully saturated rings. The summed E-state index contributed by atoms with van der Waals surface area (Å²) < 4.78 is 10.7. The third-order valence-corrected chi connectivity index (χ3v) is 6.39. The Morgan fingerprint density at radius 2 is 1.84 bits per heavy atom. The summed E-state index contributed by atoms with van der Waals surface area (Å²) in [6, 6.07) is 9.43. The molecule has 4 heterocycles. The van der Waals surface area contributed by atoms with Crippen molar-refractivity contribution in [1.29, 1.82) is 0 Å². The zero-order valence-electron chi connectivity index (χ0n) is 17.8. The van der Waals surface area contributed by atoms with Crippen molar-refractivity contribution in [2.24, 2.45) is 5.92 Å². The molecule has 9 heteroatoms. The summed E-state index contributed by atoms with van der Waals surface area (Å²) in [7, 11) is 0. The number of pyridine rings is 1. The Morgan fingerprint density at radius 1 is 1.06 bits per heavy atom. The summed E-state index contributed by atoms with van der Waals surface area (Å²) in [6.45, 7) is 1.88. The SMILES string of the molecule is O=C(NCc1ccc2c(c1)OCO2)C1CCN(C(=O)C2CC(c3ccncc3)NN2)CC1. The highest BCUT2D eigenvalue weighted by molar-refractivity contribution is 5.83. The van der Waals surface area contributed by atoms with Gasteiger partial charge in [0.05, 0.1) is 0 Å². The number of rotatable bonds is 5. The lowest BCUT2D eigenvalue weighted by Crippen LogP contribution is -2.49. The minimum absolute atomic E-state index is 0.0353.